The van der Waals surface area contributed by atoms with Crippen molar-refractivity contribution in [3.05, 3.63) is 23.6 Å². The molecule has 0 aliphatic carbocycles. The zero-order valence-corrected chi connectivity index (χ0v) is 7.87. The van der Waals surface area contributed by atoms with Crippen molar-refractivity contribution in [3.8, 4) is 11.8 Å². The highest BCUT2D eigenvalue weighted by Gasteiger charge is 2.10. The molecule has 0 N–H and O–H groups in total. The smallest absolute Gasteiger partial charge is 0.196 e. The maximum Gasteiger partial charge on any atom is 0.196 e. The summed E-state index contributed by atoms with van der Waals surface area (Å²) in [5.41, 5.74) is 1.75. The molecule has 0 fully saturated rings. The van der Waals surface area contributed by atoms with Crippen LogP contribution in [0.3, 0.4) is 0 Å². The Balaban J connectivity index is 2.80. The van der Waals surface area contributed by atoms with Gasteiger partial charge in [0.15, 0.2) is 17.2 Å². The van der Waals surface area contributed by atoms with Crippen molar-refractivity contribution >= 4 is 11.1 Å². The quantitative estimate of drug-likeness (QED) is 0.686. The summed E-state index contributed by atoms with van der Waals surface area (Å²) >= 11 is 0. The lowest BCUT2D eigenvalue weighted by Gasteiger charge is -1.99. The highest BCUT2D eigenvalue weighted by Crippen LogP contribution is 2.27. The Morgan fingerprint density at radius 3 is 2.93 bits per heavy atom. The zero-order valence-electron chi connectivity index (χ0n) is 7.87. The van der Waals surface area contributed by atoms with Crippen molar-refractivity contribution in [1.82, 2.24) is 4.98 Å². The fourth-order valence-corrected chi connectivity index (χ4v) is 1.33. The van der Waals surface area contributed by atoms with E-state index in [2.05, 4.69) is 4.98 Å². The van der Waals surface area contributed by atoms with E-state index in [0.717, 1.165) is 0 Å². The lowest BCUT2D eigenvalue weighted by molar-refractivity contribution is 0.408. The van der Waals surface area contributed by atoms with Gasteiger partial charge < -0.3 is 9.15 Å². The summed E-state index contributed by atoms with van der Waals surface area (Å²) in [6, 6.07) is 5.35. The predicted octanol–water partition coefficient (Wildman–Crippen LogP) is 2.02. The van der Waals surface area contributed by atoms with Crippen LogP contribution in [0.4, 0.5) is 0 Å². The van der Waals surface area contributed by atoms with E-state index < -0.39 is 0 Å². The summed E-state index contributed by atoms with van der Waals surface area (Å²) < 4.78 is 10.4. The van der Waals surface area contributed by atoms with Gasteiger partial charge in [0.05, 0.1) is 18.7 Å². The molecule has 0 atom stereocenters. The van der Waals surface area contributed by atoms with Gasteiger partial charge >= 0.3 is 0 Å². The molecule has 0 unspecified atom stereocenters. The molecule has 4 nitrogen and oxygen atoms in total. The molecule has 1 heterocycles. The number of aromatic nitrogens is 1. The van der Waals surface area contributed by atoms with E-state index in [1.54, 1.807) is 19.1 Å². The zero-order chi connectivity index (χ0) is 10.1. The van der Waals surface area contributed by atoms with E-state index in [9.17, 15) is 0 Å². The molecule has 0 spiro atoms. The van der Waals surface area contributed by atoms with Gasteiger partial charge in [-0.15, -0.1) is 0 Å². The fourth-order valence-electron chi connectivity index (χ4n) is 1.33. The number of nitrogens with zero attached hydrogens (tertiary/aromatic N) is 2. The van der Waals surface area contributed by atoms with Crippen LogP contribution < -0.4 is 4.74 Å². The van der Waals surface area contributed by atoms with Crippen LogP contribution in [0, 0.1) is 18.3 Å². The molecule has 0 aliphatic heterocycles. The predicted molar refractivity (Wildman–Crippen MR) is 50.0 cm³/mol. The Labute approximate surface area is 80.7 Å². The highest BCUT2D eigenvalue weighted by molar-refractivity contribution is 5.81. The number of hydrogen-bond acceptors (Lipinski definition) is 4. The van der Waals surface area contributed by atoms with Gasteiger partial charge in [0.1, 0.15) is 5.52 Å². The van der Waals surface area contributed by atoms with Crippen molar-refractivity contribution in [2.24, 2.45) is 0 Å². The first kappa shape index (κ1) is 8.57. The number of oxazole rings is 1. The average Bonchev–Trinajstić information content (AvgIpc) is 2.56. The van der Waals surface area contributed by atoms with E-state index in [0.29, 0.717) is 28.3 Å². The van der Waals surface area contributed by atoms with Crippen LogP contribution in [0.15, 0.2) is 16.5 Å². The van der Waals surface area contributed by atoms with E-state index >= 15 is 0 Å². The third-order valence-corrected chi connectivity index (χ3v) is 1.91. The number of ether oxygens (including phenoxy) is 1. The summed E-state index contributed by atoms with van der Waals surface area (Å²) in [6.45, 7) is 1.76. The second kappa shape index (κ2) is 3.04. The Bertz CT molecular complexity index is 523. The number of methoxy groups -OCH3 is 1. The van der Waals surface area contributed by atoms with Crippen LogP contribution >= 0.6 is 0 Å². The second-order valence-corrected chi connectivity index (χ2v) is 2.87. The number of aryl methyl sites for hydroxylation is 1. The molecule has 4 heteroatoms. The van der Waals surface area contributed by atoms with Crippen LogP contribution in [0.25, 0.3) is 11.1 Å². The molecule has 70 valence electrons. The van der Waals surface area contributed by atoms with E-state index in [1.165, 1.54) is 7.11 Å². The summed E-state index contributed by atoms with van der Waals surface area (Å²) in [5, 5.41) is 8.76. The Kier molecular flexibility index (Phi) is 1.86. The molecule has 2 aromatic rings. The molecular formula is C10H8N2O2. The first-order valence-electron chi connectivity index (χ1n) is 4.10. The number of rotatable bonds is 1. The van der Waals surface area contributed by atoms with Gasteiger partial charge in [-0.1, -0.05) is 0 Å². The number of hydrogen-bond donors (Lipinski definition) is 0. The molecular weight excluding hydrogens is 180 g/mol. The summed E-state index contributed by atoms with van der Waals surface area (Å²) in [7, 11) is 1.54. The summed E-state index contributed by atoms with van der Waals surface area (Å²) in [5.74, 6) is 1.10. The monoisotopic (exact) mass is 188 g/mol. The van der Waals surface area contributed by atoms with Gasteiger partial charge in [-0.25, -0.2) is 4.98 Å². The number of fused-ring (bicyclic) bond motifs is 1. The topological polar surface area (TPSA) is 59.0 Å². The average molecular weight is 188 g/mol. The molecule has 0 amide bonds. The van der Waals surface area contributed by atoms with Crippen molar-refractivity contribution in [3.63, 3.8) is 0 Å². The number of nitriles is 1. The Morgan fingerprint density at radius 1 is 1.50 bits per heavy atom. The van der Waals surface area contributed by atoms with Gasteiger partial charge in [-0.05, 0) is 6.07 Å². The van der Waals surface area contributed by atoms with Crippen LogP contribution in [-0.2, 0) is 0 Å². The highest BCUT2D eigenvalue weighted by atomic mass is 16.5. The summed E-state index contributed by atoms with van der Waals surface area (Å²) in [6.07, 6.45) is 0. The molecule has 1 aromatic carbocycles. The molecule has 1 aromatic heterocycles. The maximum atomic E-state index is 8.76. The Morgan fingerprint density at radius 2 is 2.29 bits per heavy atom. The Hall–Kier alpha value is -2.02. The van der Waals surface area contributed by atoms with Crippen LogP contribution in [-0.4, -0.2) is 12.1 Å². The molecule has 14 heavy (non-hydrogen) atoms. The first-order valence-corrected chi connectivity index (χ1v) is 4.10. The normalized spacial score (nSPS) is 10.1. The lowest BCUT2D eigenvalue weighted by Crippen LogP contribution is -1.85. The van der Waals surface area contributed by atoms with Crippen molar-refractivity contribution in [1.29, 1.82) is 5.26 Å². The van der Waals surface area contributed by atoms with Gasteiger partial charge in [-0.2, -0.15) is 5.26 Å². The first-order chi connectivity index (χ1) is 6.74. The molecule has 0 bridgehead atoms. The largest absolute Gasteiger partial charge is 0.493 e. The second-order valence-electron chi connectivity index (χ2n) is 2.87. The molecule has 0 radical (unpaired) electrons. The fraction of sp³-hybridized carbons (Fsp3) is 0.200. The lowest BCUT2D eigenvalue weighted by atomic mass is 10.2. The van der Waals surface area contributed by atoms with E-state index in [1.807, 2.05) is 6.07 Å². The van der Waals surface area contributed by atoms with Crippen molar-refractivity contribution < 1.29 is 9.15 Å². The van der Waals surface area contributed by atoms with Gasteiger partial charge in [-0.3, -0.25) is 0 Å². The van der Waals surface area contributed by atoms with Crippen LogP contribution in [0.5, 0.6) is 5.75 Å². The number of benzene rings is 1. The summed E-state index contributed by atoms with van der Waals surface area (Å²) in [4.78, 5) is 4.13. The SMILES string of the molecule is COc1cc(C#N)cc2nc(C)oc12. The minimum absolute atomic E-state index is 0.516. The van der Waals surface area contributed by atoms with Crippen molar-refractivity contribution in [2.75, 3.05) is 7.11 Å². The van der Waals surface area contributed by atoms with Gasteiger partial charge in [0.2, 0.25) is 0 Å². The standard InChI is InChI=1S/C10H8N2O2/c1-6-12-8-3-7(5-11)4-9(13-2)10(8)14-6/h3-4H,1-2H3. The van der Waals surface area contributed by atoms with E-state index in [-0.39, 0.29) is 0 Å². The molecule has 0 saturated carbocycles. The van der Waals surface area contributed by atoms with Crippen LogP contribution in [0.1, 0.15) is 11.5 Å². The van der Waals surface area contributed by atoms with Gasteiger partial charge in [0.25, 0.3) is 0 Å². The molecule has 0 saturated heterocycles. The third-order valence-electron chi connectivity index (χ3n) is 1.91. The van der Waals surface area contributed by atoms with E-state index in [4.69, 9.17) is 14.4 Å². The minimum Gasteiger partial charge on any atom is -0.493 e. The van der Waals surface area contributed by atoms with Crippen molar-refractivity contribution in [2.45, 2.75) is 6.92 Å². The third kappa shape index (κ3) is 1.19. The van der Waals surface area contributed by atoms with Gasteiger partial charge in [0, 0.05) is 13.0 Å². The molecule has 2 rings (SSSR count). The minimum atomic E-state index is 0.516. The molecule has 0 aliphatic rings. The maximum absolute atomic E-state index is 8.76. The van der Waals surface area contributed by atoms with Crippen LogP contribution in [0.2, 0.25) is 0 Å².